The molecule has 1 heterocycles. The third-order valence-electron chi connectivity index (χ3n) is 2.26. The standard InChI is InChI=1S/C11H10ClNOS/c1-13-11(14)10(12)8-6-15-9-5-3-2-4-7(8)9/h2-6,10H,1H3,(H,13,14). The van der Waals surface area contributed by atoms with Crippen LogP contribution in [-0.2, 0) is 4.79 Å². The summed E-state index contributed by atoms with van der Waals surface area (Å²) in [6, 6.07) is 7.94. The van der Waals surface area contributed by atoms with E-state index in [9.17, 15) is 4.79 Å². The van der Waals surface area contributed by atoms with Gasteiger partial charge in [-0.05, 0) is 22.4 Å². The third-order valence-corrected chi connectivity index (χ3v) is 3.68. The van der Waals surface area contributed by atoms with Gasteiger partial charge in [0.25, 0.3) is 0 Å². The molecule has 0 fully saturated rings. The second-order valence-corrected chi connectivity index (χ2v) is 4.51. The number of fused-ring (bicyclic) bond motifs is 1. The highest BCUT2D eigenvalue weighted by molar-refractivity contribution is 7.17. The zero-order valence-electron chi connectivity index (χ0n) is 8.16. The predicted molar refractivity (Wildman–Crippen MR) is 64.5 cm³/mol. The molecule has 2 rings (SSSR count). The lowest BCUT2D eigenvalue weighted by Gasteiger charge is -2.06. The first-order chi connectivity index (χ1) is 7.24. The molecule has 0 saturated carbocycles. The summed E-state index contributed by atoms with van der Waals surface area (Å²) in [4.78, 5) is 11.4. The van der Waals surface area contributed by atoms with E-state index in [0.717, 1.165) is 15.6 Å². The highest BCUT2D eigenvalue weighted by Crippen LogP contribution is 2.33. The number of hydrogen-bond acceptors (Lipinski definition) is 2. The lowest BCUT2D eigenvalue weighted by atomic mass is 10.1. The van der Waals surface area contributed by atoms with Crippen molar-refractivity contribution in [3.63, 3.8) is 0 Å². The van der Waals surface area contributed by atoms with Gasteiger partial charge in [0.05, 0.1) is 0 Å². The van der Waals surface area contributed by atoms with Crippen molar-refractivity contribution in [2.45, 2.75) is 5.38 Å². The number of rotatable bonds is 2. The molecule has 1 atom stereocenters. The maximum atomic E-state index is 11.4. The Balaban J connectivity index is 2.48. The van der Waals surface area contributed by atoms with Gasteiger partial charge < -0.3 is 5.32 Å². The van der Waals surface area contributed by atoms with Crippen molar-refractivity contribution in [1.29, 1.82) is 0 Å². The summed E-state index contributed by atoms with van der Waals surface area (Å²) < 4.78 is 1.15. The van der Waals surface area contributed by atoms with Gasteiger partial charge in [-0.3, -0.25) is 4.79 Å². The molecule has 15 heavy (non-hydrogen) atoms. The summed E-state index contributed by atoms with van der Waals surface area (Å²) in [6.07, 6.45) is 0. The van der Waals surface area contributed by atoms with Gasteiger partial charge in [-0.15, -0.1) is 22.9 Å². The SMILES string of the molecule is CNC(=O)C(Cl)c1csc2ccccc12. The van der Waals surface area contributed by atoms with Crippen molar-refractivity contribution in [3.05, 3.63) is 35.2 Å². The van der Waals surface area contributed by atoms with Gasteiger partial charge in [0.15, 0.2) is 0 Å². The second-order valence-electron chi connectivity index (χ2n) is 3.16. The monoisotopic (exact) mass is 239 g/mol. The number of carbonyl (C=O) groups is 1. The second kappa shape index (κ2) is 4.21. The minimum Gasteiger partial charge on any atom is -0.358 e. The summed E-state index contributed by atoms with van der Waals surface area (Å²) in [6.45, 7) is 0. The smallest absolute Gasteiger partial charge is 0.242 e. The van der Waals surface area contributed by atoms with E-state index in [2.05, 4.69) is 5.32 Å². The fourth-order valence-electron chi connectivity index (χ4n) is 1.46. The molecule has 1 unspecified atom stereocenters. The molecule has 1 N–H and O–H groups in total. The zero-order valence-corrected chi connectivity index (χ0v) is 9.73. The molecule has 1 aromatic heterocycles. The molecule has 0 saturated heterocycles. The minimum absolute atomic E-state index is 0.166. The van der Waals surface area contributed by atoms with E-state index < -0.39 is 5.38 Å². The van der Waals surface area contributed by atoms with Crippen LogP contribution < -0.4 is 5.32 Å². The van der Waals surface area contributed by atoms with Gasteiger partial charge in [0.2, 0.25) is 5.91 Å². The van der Waals surface area contributed by atoms with Crippen molar-refractivity contribution in [2.75, 3.05) is 7.05 Å². The van der Waals surface area contributed by atoms with Crippen LogP contribution in [0.4, 0.5) is 0 Å². The Morgan fingerprint density at radius 2 is 2.20 bits per heavy atom. The molecular formula is C11H10ClNOS. The van der Waals surface area contributed by atoms with E-state index >= 15 is 0 Å². The van der Waals surface area contributed by atoms with Crippen LogP contribution in [0.3, 0.4) is 0 Å². The minimum atomic E-state index is -0.605. The van der Waals surface area contributed by atoms with E-state index in [4.69, 9.17) is 11.6 Å². The summed E-state index contributed by atoms with van der Waals surface area (Å²) in [5.41, 5.74) is 0.886. The molecule has 4 heteroatoms. The Morgan fingerprint density at radius 3 is 2.93 bits per heavy atom. The Kier molecular flexibility index (Phi) is 2.93. The molecule has 0 aliphatic carbocycles. The van der Waals surface area contributed by atoms with Gasteiger partial charge >= 0.3 is 0 Å². The number of amides is 1. The number of halogens is 1. The van der Waals surface area contributed by atoms with Crippen LogP contribution in [0.1, 0.15) is 10.9 Å². The van der Waals surface area contributed by atoms with Crippen molar-refractivity contribution < 1.29 is 4.79 Å². The van der Waals surface area contributed by atoms with Gasteiger partial charge in [-0.25, -0.2) is 0 Å². The number of nitrogens with one attached hydrogen (secondary N) is 1. The average Bonchev–Trinajstić information content (AvgIpc) is 2.70. The molecule has 0 aliphatic rings. The number of hydrogen-bond donors (Lipinski definition) is 1. The fourth-order valence-corrected chi connectivity index (χ4v) is 2.81. The first-order valence-corrected chi connectivity index (χ1v) is 5.87. The van der Waals surface area contributed by atoms with E-state index in [-0.39, 0.29) is 5.91 Å². The van der Waals surface area contributed by atoms with Crippen LogP contribution in [0, 0.1) is 0 Å². The maximum Gasteiger partial charge on any atom is 0.242 e. The van der Waals surface area contributed by atoms with Crippen molar-refractivity contribution in [3.8, 4) is 0 Å². The first kappa shape index (κ1) is 10.5. The van der Waals surface area contributed by atoms with E-state index in [1.165, 1.54) is 0 Å². The maximum absolute atomic E-state index is 11.4. The topological polar surface area (TPSA) is 29.1 Å². The molecule has 2 nitrogen and oxygen atoms in total. The van der Waals surface area contributed by atoms with Crippen LogP contribution >= 0.6 is 22.9 Å². The Hall–Kier alpha value is -1.06. The van der Waals surface area contributed by atoms with Crippen molar-refractivity contribution in [2.24, 2.45) is 0 Å². The lowest BCUT2D eigenvalue weighted by molar-refractivity contribution is -0.120. The molecule has 2 aromatic rings. The van der Waals surface area contributed by atoms with E-state index in [1.807, 2.05) is 29.6 Å². The van der Waals surface area contributed by atoms with Crippen LogP contribution in [0.25, 0.3) is 10.1 Å². The number of carbonyl (C=O) groups excluding carboxylic acids is 1. The largest absolute Gasteiger partial charge is 0.358 e. The predicted octanol–water partition coefficient (Wildman–Crippen LogP) is 2.93. The molecular weight excluding hydrogens is 230 g/mol. The van der Waals surface area contributed by atoms with Crippen LogP contribution in [0.5, 0.6) is 0 Å². The summed E-state index contributed by atoms with van der Waals surface area (Å²) >= 11 is 7.68. The highest BCUT2D eigenvalue weighted by Gasteiger charge is 2.19. The van der Waals surface area contributed by atoms with Gasteiger partial charge in [-0.1, -0.05) is 18.2 Å². The zero-order chi connectivity index (χ0) is 10.8. The lowest BCUT2D eigenvalue weighted by Crippen LogP contribution is -2.22. The summed E-state index contributed by atoms with van der Waals surface area (Å²) in [5, 5.41) is 4.95. The first-order valence-electron chi connectivity index (χ1n) is 4.56. The molecule has 1 amide bonds. The number of likely N-dealkylation sites (N-methyl/N-ethyl adjacent to an activating group) is 1. The molecule has 1 aromatic carbocycles. The Bertz CT molecular complexity index is 494. The molecule has 0 spiro atoms. The Morgan fingerprint density at radius 1 is 1.47 bits per heavy atom. The summed E-state index contributed by atoms with van der Waals surface area (Å²) in [7, 11) is 1.59. The van der Waals surface area contributed by atoms with Crippen LogP contribution in [0.2, 0.25) is 0 Å². The van der Waals surface area contributed by atoms with Crippen LogP contribution in [0.15, 0.2) is 29.6 Å². The van der Waals surface area contributed by atoms with Gasteiger partial charge in [-0.2, -0.15) is 0 Å². The molecule has 0 bridgehead atoms. The Labute approximate surface area is 96.9 Å². The normalized spacial score (nSPS) is 12.7. The number of alkyl halides is 1. The number of benzene rings is 1. The van der Waals surface area contributed by atoms with E-state index in [0.29, 0.717) is 0 Å². The quantitative estimate of drug-likeness (QED) is 0.803. The van der Waals surface area contributed by atoms with Gasteiger partial charge in [0, 0.05) is 11.7 Å². The van der Waals surface area contributed by atoms with Crippen molar-refractivity contribution >= 4 is 38.9 Å². The number of thiophene rings is 1. The van der Waals surface area contributed by atoms with Gasteiger partial charge in [0.1, 0.15) is 5.38 Å². The van der Waals surface area contributed by atoms with Crippen LogP contribution in [-0.4, -0.2) is 13.0 Å². The van der Waals surface area contributed by atoms with Crippen molar-refractivity contribution in [1.82, 2.24) is 5.32 Å². The highest BCUT2D eigenvalue weighted by atomic mass is 35.5. The fraction of sp³-hybridized carbons (Fsp3) is 0.182. The van der Waals surface area contributed by atoms with E-state index in [1.54, 1.807) is 18.4 Å². The third kappa shape index (κ3) is 1.85. The summed E-state index contributed by atoms with van der Waals surface area (Å²) in [5.74, 6) is -0.166. The average molecular weight is 240 g/mol. The molecule has 0 aliphatic heterocycles. The molecule has 78 valence electrons. The molecule has 0 radical (unpaired) electrons.